The van der Waals surface area contributed by atoms with Crippen LogP contribution in [0.4, 0.5) is 39.5 Å². The SMILES string of the molecule is Fc1cc(-c2c(F)cc(OC(F)(F)c3ccc(-c4c(F)cccc4F)cc3)cc2F)cc(F)c1F. The molecule has 180 valence electrons. The van der Waals surface area contributed by atoms with Crippen molar-refractivity contribution in [2.24, 2.45) is 0 Å². The van der Waals surface area contributed by atoms with Gasteiger partial charge in [-0.25, -0.2) is 30.7 Å². The van der Waals surface area contributed by atoms with Crippen LogP contribution in [-0.2, 0) is 6.11 Å². The molecule has 0 radical (unpaired) electrons. The molecule has 4 aromatic rings. The third-order valence-electron chi connectivity index (χ3n) is 5.01. The lowest BCUT2D eigenvalue weighted by atomic mass is 10.0. The van der Waals surface area contributed by atoms with Gasteiger partial charge in [-0.3, -0.25) is 0 Å². The van der Waals surface area contributed by atoms with E-state index in [1.807, 2.05) is 0 Å². The normalized spacial score (nSPS) is 11.6. The Kier molecular flexibility index (Phi) is 6.23. The highest BCUT2D eigenvalue weighted by Gasteiger charge is 2.35. The van der Waals surface area contributed by atoms with Crippen LogP contribution < -0.4 is 4.74 Å². The topological polar surface area (TPSA) is 9.23 Å². The van der Waals surface area contributed by atoms with E-state index in [-0.39, 0.29) is 5.56 Å². The fourth-order valence-corrected chi connectivity index (χ4v) is 3.40. The lowest BCUT2D eigenvalue weighted by molar-refractivity contribution is -0.185. The van der Waals surface area contributed by atoms with Crippen molar-refractivity contribution in [1.82, 2.24) is 0 Å². The summed E-state index contributed by atoms with van der Waals surface area (Å²) < 4.78 is 130. The molecular formula is C25H11F9O. The van der Waals surface area contributed by atoms with Gasteiger partial charge < -0.3 is 4.74 Å². The third-order valence-corrected chi connectivity index (χ3v) is 5.01. The zero-order valence-electron chi connectivity index (χ0n) is 17.2. The Balaban J connectivity index is 1.62. The highest BCUT2D eigenvalue weighted by molar-refractivity contribution is 5.67. The predicted molar refractivity (Wildman–Crippen MR) is 108 cm³/mol. The molecule has 4 rings (SSSR count). The van der Waals surface area contributed by atoms with E-state index < -0.39 is 74.8 Å². The quantitative estimate of drug-likeness (QED) is 0.200. The van der Waals surface area contributed by atoms with Crippen LogP contribution in [0, 0.1) is 40.7 Å². The Morgan fingerprint density at radius 2 is 1.00 bits per heavy atom. The fourth-order valence-electron chi connectivity index (χ4n) is 3.40. The van der Waals surface area contributed by atoms with E-state index in [0.29, 0.717) is 24.3 Å². The number of alkyl halides is 2. The second kappa shape index (κ2) is 9.01. The molecule has 0 unspecified atom stereocenters. The summed E-state index contributed by atoms with van der Waals surface area (Å²) in [7, 11) is 0. The van der Waals surface area contributed by atoms with Crippen LogP contribution >= 0.6 is 0 Å². The summed E-state index contributed by atoms with van der Waals surface area (Å²) in [6.45, 7) is 0. The standard InChI is InChI=1S/C25H11F9O/c26-16-2-1-3-17(27)22(16)12-4-6-14(7-5-12)25(33,34)35-15-10-18(28)23(19(29)11-15)13-8-20(30)24(32)21(31)9-13/h1-11H. The molecule has 35 heavy (non-hydrogen) atoms. The molecule has 0 bridgehead atoms. The van der Waals surface area contributed by atoms with Gasteiger partial charge in [0, 0.05) is 12.1 Å². The summed E-state index contributed by atoms with van der Waals surface area (Å²) in [5, 5.41) is 0. The number of hydrogen-bond acceptors (Lipinski definition) is 1. The molecule has 0 amide bonds. The number of benzene rings is 4. The molecule has 0 aromatic heterocycles. The number of ether oxygens (including phenoxy) is 1. The monoisotopic (exact) mass is 498 g/mol. The van der Waals surface area contributed by atoms with Gasteiger partial charge in [0.05, 0.1) is 16.7 Å². The van der Waals surface area contributed by atoms with Gasteiger partial charge in [-0.15, -0.1) is 0 Å². The average Bonchev–Trinajstić information content (AvgIpc) is 2.77. The average molecular weight is 498 g/mol. The second-order valence-corrected chi connectivity index (χ2v) is 7.31. The molecule has 4 aromatic carbocycles. The zero-order chi connectivity index (χ0) is 25.5. The minimum Gasteiger partial charge on any atom is -0.429 e. The predicted octanol–water partition coefficient (Wildman–Crippen LogP) is 8.12. The molecule has 0 aliphatic heterocycles. The Bertz CT molecular complexity index is 1350. The van der Waals surface area contributed by atoms with Crippen LogP contribution in [-0.4, -0.2) is 0 Å². The van der Waals surface area contributed by atoms with Gasteiger partial charge in [-0.2, -0.15) is 8.78 Å². The summed E-state index contributed by atoms with van der Waals surface area (Å²) in [4.78, 5) is 0. The zero-order valence-corrected chi connectivity index (χ0v) is 17.2. The molecule has 0 saturated heterocycles. The number of halogens is 9. The van der Waals surface area contributed by atoms with Gasteiger partial charge in [-0.1, -0.05) is 18.2 Å². The first-order valence-corrected chi connectivity index (χ1v) is 9.73. The molecule has 0 atom stereocenters. The molecule has 0 fully saturated rings. The molecule has 1 nitrogen and oxygen atoms in total. The van der Waals surface area contributed by atoms with E-state index in [2.05, 4.69) is 4.74 Å². The molecule has 10 heteroatoms. The number of hydrogen-bond donors (Lipinski definition) is 0. The number of rotatable bonds is 5. The van der Waals surface area contributed by atoms with Crippen molar-refractivity contribution in [3.8, 4) is 28.0 Å². The summed E-state index contributed by atoms with van der Waals surface area (Å²) >= 11 is 0. The van der Waals surface area contributed by atoms with Crippen LogP contribution in [0.1, 0.15) is 5.56 Å². The summed E-state index contributed by atoms with van der Waals surface area (Å²) in [6.07, 6.45) is -4.14. The Morgan fingerprint density at radius 1 is 0.514 bits per heavy atom. The maximum Gasteiger partial charge on any atom is 0.426 e. The second-order valence-electron chi connectivity index (χ2n) is 7.31. The summed E-state index contributed by atoms with van der Waals surface area (Å²) in [5.74, 6) is -11.1. The van der Waals surface area contributed by atoms with Crippen molar-refractivity contribution in [2.75, 3.05) is 0 Å². The largest absolute Gasteiger partial charge is 0.429 e. The van der Waals surface area contributed by atoms with Crippen molar-refractivity contribution in [2.45, 2.75) is 6.11 Å². The van der Waals surface area contributed by atoms with Crippen LogP contribution in [0.15, 0.2) is 66.7 Å². The molecule has 0 N–H and O–H groups in total. The first-order chi connectivity index (χ1) is 16.5. The lowest BCUT2D eigenvalue weighted by Gasteiger charge is -2.19. The van der Waals surface area contributed by atoms with Gasteiger partial charge in [-0.05, 0) is 47.5 Å². The first kappa shape index (κ1) is 24.2. The fraction of sp³-hybridized carbons (Fsp3) is 0.0400. The summed E-state index contributed by atoms with van der Waals surface area (Å²) in [6, 6.07) is 8.16. The van der Waals surface area contributed by atoms with E-state index in [4.69, 9.17) is 0 Å². The Hall–Kier alpha value is -3.95. The van der Waals surface area contributed by atoms with Crippen LogP contribution in [0.3, 0.4) is 0 Å². The Labute approximate surface area is 192 Å². The Morgan fingerprint density at radius 3 is 1.51 bits per heavy atom. The van der Waals surface area contributed by atoms with Crippen molar-refractivity contribution in [1.29, 1.82) is 0 Å². The van der Waals surface area contributed by atoms with E-state index in [0.717, 1.165) is 42.5 Å². The molecule has 0 saturated carbocycles. The highest BCUT2D eigenvalue weighted by atomic mass is 19.3. The van der Waals surface area contributed by atoms with Gasteiger partial charge in [0.25, 0.3) is 0 Å². The van der Waals surface area contributed by atoms with Crippen molar-refractivity contribution >= 4 is 0 Å². The van der Waals surface area contributed by atoms with Crippen molar-refractivity contribution in [3.63, 3.8) is 0 Å². The van der Waals surface area contributed by atoms with E-state index >= 15 is 0 Å². The van der Waals surface area contributed by atoms with Crippen LogP contribution in [0.5, 0.6) is 5.75 Å². The first-order valence-electron chi connectivity index (χ1n) is 9.73. The van der Waals surface area contributed by atoms with E-state index in [9.17, 15) is 39.5 Å². The van der Waals surface area contributed by atoms with Gasteiger partial charge in [0.1, 0.15) is 29.0 Å². The lowest BCUT2D eigenvalue weighted by Crippen LogP contribution is -2.22. The smallest absolute Gasteiger partial charge is 0.426 e. The van der Waals surface area contributed by atoms with Gasteiger partial charge in [0.15, 0.2) is 17.5 Å². The van der Waals surface area contributed by atoms with Crippen LogP contribution in [0.2, 0.25) is 0 Å². The molecule has 0 aliphatic carbocycles. The molecule has 0 aliphatic rings. The highest BCUT2D eigenvalue weighted by Crippen LogP contribution is 2.37. The van der Waals surface area contributed by atoms with Crippen molar-refractivity contribution in [3.05, 3.63) is 113 Å². The van der Waals surface area contributed by atoms with E-state index in [1.165, 1.54) is 0 Å². The van der Waals surface area contributed by atoms with Gasteiger partial charge in [0.2, 0.25) is 0 Å². The molecule has 0 spiro atoms. The summed E-state index contributed by atoms with van der Waals surface area (Å²) in [5.41, 5.74) is -2.97. The molecule has 0 heterocycles. The van der Waals surface area contributed by atoms with Crippen molar-refractivity contribution < 1.29 is 44.3 Å². The minimum atomic E-state index is -4.14. The maximum atomic E-state index is 14.6. The van der Waals surface area contributed by atoms with Crippen LogP contribution in [0.25, 0.3) is 22.3 Å². The van der Waals surface area contributed by atoms with Gasteiger partial charge >= 0.3 is 6.11 Å². The molecular weight excluding hydrogens is 487 g/mol. The minimum absolute atomic E-state index is 0.0413. The third kappa shape index (κ3) is 4.68. The van der Waals surface area contributed by atoms with E-state index in [1.54, 1.807) is 0 Å². The maximum absolute atomic E-state index is 14.6.